The van der Waals surface area contributed by atoms with E-state index in [9.17, 15) is 24.0 Å². The summed E-state index contributed by atoms with van der Waals surface area (Å²) in [4.78, 5) is 71.5. The molecule has 0 spiro atoms. The maximum Gasteiger partial charge on any atom is 0.224 e. The number of nitrogens with one attached hydrogen (secondary N) is 2. The van der Waals surface area contributed by atoms with E-state index in [4.69, 9.17) is 4.74 Å². The summed E-state index contributed by atoms with van der Waals surface area (Å²) in [5.74, 6) is -2.00. The van der Waals surface area contributed by atoms with E-state index >= 15 is 0 Å². The van der Waals surface area contributed by atoms with Crippen LogP contribution < -0.4 is 10.6 Å². The fourth-order valence-electron chi connectivity index (χ4n) is 6.87. The highest BCUT2D eigenvalue weighted by atomic mass is 16.5. The Kier molecular flexibility index (Phi) is 18.0. The first kappa shape index (κ1) is 43.7. The van der Waals surface area contributed by atoms with Crippen molar-refractivity contribution < 1.29 is 28.7 Å². The number of hydrogen-bond donors (Lipinski definition) is 2. The Morgan fingerprint density at radius 2 is 1.26 bits per heavy atom. The minimum atomic E-state index is -0.825. The van der Waals surface area contributed by atoms with Gasteiger partial charge in [-0.25, -0.2) is 0 Å². The van der Waals surface area contributed by atoms with Gasteiger partial charge in [0.25, 0.3) is 0 Å². The van der Waals surface area contributed by atoms with Crippen LogP contribution in [0.3, 0.4) is 0 Å². The van der Waals surface area contributed by atoms with Crippen LogP contribution >= 0.6 is 0 Å². The van der Waals surface area contributed by atoms with Gasteiger partial charge in [-0.2, -0.15) is 0 Å². The standard InChI is InChI=1S/C44H65N3O6/c1-8-44(6,7)41(50)39(26-32(4)5)46-43(52)36(27-34-17-13-10-14-18-34)29-40(49)38(25-31(2)3)45-42(51)35(20-19-33-15-11-9-12-16-33)28-37(48)30-47-21-23-53-24-22-47/h9-18,31-32,35-36,38-39H,8,19-30H2,1-7H3,(H,45,51)(H,46,52)/t35-,36-,38+,39+/m1/s1. The lowest BCUT2D eigenvalue weighted by atomic mass is 9.79. The molecule has 0 unspecified atom stereocenters. The number of benzene rings is 2. The average Bonchev–Trinajstić information content (AvgIpc) is 3.12. The third kappa shape index (κ3) is 15.3. The van der Waals surface area contributed by atoms with Crippen molar-refractivity contribution in [2.24, 2.45) is 29.1 Å². The van der Waals surface area contributed by atoms with Crippen molar-refractivity contribution in [2.75, 3.05) is 32.8 Å². The molecule has 1 saturated heterocycles. The highest BCUT2D eigenvalue weighted by Gasteiger charge is 2.36. The molecular formula is C44H65N3O6. The van der Waals surface area contributed by atoms with E-state index in [0.29, 0.717) is 64.8 Å². The number of aryl methyl sites for hydroxylation is 1. The first-order valence-corrected chi connectivity index (χ1v) is 19.8. The van der Waals surface area contributed by atoms with Crippen molar-refractivity contribution in [3.63, 3.8) is 0 Å². The summed E-state index contributed by atoms with van der Waals surface area (Å²) in [6, 6.07) is 18.0. The van der Waals surface area contributed by atoms with E-state index < -0.39 is 29.3 Å². The SMILES string of the molecule is CCC(C)(C)C(=O)[C@H](CC(C)C)NC(=O)[C@@H](CC(=O)[C@H](CC(C)C)NC(=O)[C@H](CCc1ccccc1)CC(=O)CN1CCOCC1)Cc1ccccc1. The molecule has 292 valence electrons. The molecule has 2 N–H and O–H groups in total. The zero-order valence-electron chi connectivity index (χ0n) is 33.3. The molecule has 1 aliphatic rings. The lowest BCUT2D eigenvalue weighted by Gasteiger charge is -2.30. The molecule has 4 atom stereocenters. The maximum atomic E-state index is 14.3. The topological polar surface area (TPSA) is 122 Å². The number of Topliss-reactive ketones (excluding diaryl/α,β-unsaturated/α-hetero) is 3. The molecule has 9 heteroatoms. The monoisotopic (exact) mass is 731 g/mol. The quantitative estimate of drug-likeness (QED) is 0.136. The highest BCUT2D eigenvalue weighted by molar-refractivity contribution is 5.96. The molecule has 1 heterocycles. The predicted octanol–water partition coefficient (Wildman–Crippen LogP) is 6.41. The Balaban J connectivity index is 1.84. The summed E-state index contributed by atoms with van der Waals surface area (Å²) in [5, 5.41) is 6.12. The second-order valence-corrected chi connectivity index (χ2v) is 16.4. The van der Waals surface area contributed by atoms with Gasteiger partial charge in [0.05, 0.1) is 31.8 Å². The van der Waals surface area contributed by atoms with Crippen molar-refractivity contribution in [3.05, 3.63) is 71.8 Å². The Hall–Kier alpha value is -3.69. The summed E-state index contributed by atoms with van der Waals surface area (Å²) in [6.07, 6.45) is 2.93. The average molecular weight is 732 g/mol. The van der Waals surface area contributed by atoms with Crippen molar-refractivity contribution in [1.29, 1.82) is 0 Å². The van der Waals surface area contributed by atoms with Crippen LogP contribution in [0.4, 0.5) is 0 Å². The summed E-state index contributed by atoms with van der Waals surface area (Å²) in [5.41, 5.74) is 1.38. The molecule has 53 heavy (non-hydrogen) atoms. The molecule has 1 aliphatic heterocycles. The van der Waals surface area contributed by atoms with Gasteiger partial charge in [0.15, 0.2) is 11.6 Å². The second kappa shape index (κ2) is 21.9. The van der Waals surface area contributed by atoms with Crippen LogP contribution in [0, 0.1) is 29.1 Å². The summed E-state index contributed by atoms with van der Waals surface area (Å²) in [7, 11) is 0. The Labute approximate surface area is 318 Å². The van der Waals surface area contributed by atoms with E-state index in [0.717, 1.165) is 11.1 Å². The molecule has 9 nitrogen and oxygen atoms in total. The van der Waals surface area contributed by atoms with Crippen molar-refractivity contribution in [2.45, 2.75) is 112 Å². The number of carbonyl (C=O) groups excluding carboxylic acids is 5. The maximum absolute atomic E-state index is 14.3. The molecule has 0 aromatic heterocycles. The Morgan fingerprint density at radius 1 is 0.736 bits per heavy atom. The summed E-state index contributed by atoms with van der Waals surface area (Å²) < 4.78 is 5.43. The van der Waals surface area contributed by atoms with Gasteiger partial charge in [0.2, 0.25) is 11.8 Å². The summed E-state index contributed by atoms with van der Waals surface area (Å²) in [6.45, 7) is 16.6. The van der Waals surface area contributed by atoms with Crippen molar-refractivity contribution in [3.8, 4) is 0 Å². The first-order valence-electron chi connectivity index (χ1n) is 19.8. The number of hydrogen-bond acceptors (Lipinski definition) is 7. The molecule has 0 radical (unpaired) electrons. The number of carbonyl (C=O) groups is 5. The molecule has 3 rings (SSSR count). The largest absolute Gasteiger partial charge is 0.379 e. The molecule has 2 amide bonds. The van der Waals surface area contributed by atoms with E-state index in [-0.39, 0.29) is 60.4 Å². The van der Waals surface area contributed by atoms with E-state index in [1.165, 1.54) is 0 Å². The van der Waals surface area contributed by atoms with Crippen LogP contribution in [0.5, 0.6) is 0 Å². The fraction of sp³-hybridized carbons (Fsp3) is 0.614. The first-order chi connectivity index (χ1) is 25.2. The fourth-order valence-corrected chi connectivity index (χ4v) is 6.87. The van der Waals surface area contributed by atoms with Gasteiger partial charge in [-0.3, -0.25) is 28.9 Å². The zero-order chi connectivity index (χ0) is 39.0. The smallest absolute Gasteiger partial charge is 0.224 e. The van der Waals surface area contributed by atoms with Gasteiger partial charge in [-0.1, -0.05) is 109 Å². The van der Waals surface area contributed by atoms with Crippen LogP contribution in [-0.2, 0) is 41.6 Å². The van der Waals surface area contributed by atoms with Gasteiger partial charge in [-0.15, -0.1) is 0 Å². The van der Waals surface area contributed by atoms with Crippen molar-refractivity contribution >= 4 is 29.2 Å². The lowest BCUT2D eigenvalue weighted by Crippen LogP contribution is -2.50. The Morgan fingerprint density at radius 3 is 1.83 bits per heavy atom. The minimum absolute atomic E-state index is 0.0109. The molecule has 1 fully saturated rings. The van der Waals surface area contributed by atoms with Gasteiger partial charge in [0.1, 0.15) is 5.78 Å². The lowest BCUT2D eigenvalue weighted by molar-refractivity contribution is -0.136. The second-order valence-electron chi connectivity index (χ2n) is 16.4. The van der Waals surface area contributed by atoms with Crippen LogP contribution in [0.25, 0.3) is 0 Å². The van der Waals surface area contributed by atoms with E-state index in [1.54, 1.807) is 0 Å². The van der Waals surface area contributed by atoms with Crippen LogP contribution in [0.1, 0.15) is 98.1 Å². The number of morpholine rings is 1. The normalized spacial score (nSPS) is 16.1. The molecule has 0 bridgehead atoms. The molecule has 0 saturated carbocycles. The number of amides is 2. The number of nitrogens with zero attached hydrogens (tertiary/aromatic N) is 1. The van der Waals surface area contributed by atoms with Gasteiger partial charge in [-0.05, 0) is 61.5 Å². The van der Waals surface area contributed by atoms with Crippen LogP contribution in [-0.4, -0.2) is 79.0 Å². The van der Waals surface area contributed by atoms with Crippen molar-refractivity contribution in [1.82, 2.24) is 15.5 Å². The van der Waals surface area contributed by atoms with Gasteiger partial charge < -0.3 is 15.4 Å². The van der Waals surface area contributed by atoms with E-state index in [1.807, 2.05) is 109 Å². The van der Waals surface area contributed by atoms with E-state index in [2.05, 4.69) is 15.5 Å². The number of rotatable bonds is 23. The Bertz CT molecular complexity index is 1450. The molecule has 2 aromatic carbocycles. The third-order valence-electron chi connectivity index (χ3n) is 10.4. The molecule has 2 aromatic rings. The van der Waals surface area contributed by atoms with Gasteiger partial charge >= 0.3 is 0 Å². The third-order valence-corrected chi connectivity index (χ3v) is 10.4. The number of ketones is 3. The van der Waals surface area contributed by atoms with Gasteiger partial charge in [0, 0.05) is 43.2 Å². The zero-order valence-corrected chi connectivity index (χ0v) is 33.3. The van der Waals surface area contributed by atoms with Crippen LogP contribution in [0.2, 0.25) is 0 Å². The summed E-state index contributed by atoms with van der Waals surface area (Å²) >= 11 is 0. The molecule has 0 aliphatic carbocycles. The van der Waals surface area contributed by atoms with Crippen LogP contribution in [0.15, 0.2) is 60.7 Å². The minimum Gasteiger partial charge on any atom is -0.379 e. The molecular weight excluding hydrogens is 666 g/mol. The predicted molar refractivity (Wildman–Crippen MR) is 210 cm³/mol. The highest BCUT2D eigenvalue weighted by Crippen LogP contribution is 2.26. The number of ether oxygens (including phenoxy) is 1.